The molecule has 0 aromatic heterocycles. The maximum Gasteiger partial charge on any atom is 0.338 e. The Labute approximate surface area is 193 Å². The van der Waals surface area contributed by atoms with Gasteiger partial charge in [0, 0.05) is 22.0 Å². The third-order valence-electron chi connectivity index (χ3n) is 5.11. The summed E-state index contributed by atoms with van der Waals surface area (Å²) in [6.07, 6.45) is 8.13. The molecule has 2 N–H and O–H groups in total. The quantitative estimate of drug-likeness (QED) is 0.530. The molecule has 7 heteroatoms. The Morgan fingerprint density at radius 1 is 0.909 bits per heavy atom. The summed E-state index contributed by atoms with van der Waals surface area (Å²) >= 11 is 0. The molecule has 33 heavy (non-hydrogen) atoms. The van der Waals surface area contributed by atoms with E-state index in [2.05, 4.69) is 42.5 Å². The lowest BCUT2D eigenvalue weighted by atomic mass is 10.0. The van der Waals surface area contributed by atoms with Crippen molar-refractivity contribution < 1.29 is 28.4 Å². The minimum Gasteiger partial charge on any atom is -0.478 e. The molecule has 0 bridgehead atoms. The molecule has 0 aliphatic heterocycles. The summed E-state index contributed by atoms with van der Waals surface area (Å²) in [4.78, 5) is 22.0. The lowest BCUT2D eigenvalue weighted by molar-refractivity contribution is 0.0691. The number of hydrogen-bond donors (Lipinski definition) is 2. The second kappa shape index (κ2) is 10.2. The van der Waals surface area contributed by atoms with E-state index in [1.807, 2.05) is 24.3 Å². The number of aromatic carboxylic acids is 2. The Balaban J connectivity index is 0.000000196. The number of hydrogen-bond acceptors (Lipinski definition) is 3. The lowest BCUT2D eigenvalue weighted by Gasteiger charge is -2.05. The molecule has 4 rings (SSSR count). The van der Waals surface area contributed by atoms with Crippen molar-refractivity contribution >= 4 is 40.5 Å². The fraction of sp³-hybridized carbons (Fsp3) is 0.0769. The largest absolute Gasteiger partial charge is 0.478 e. The Bertz CT molecular complexity index is 1310. The van der Waals surface area contributed by atoms with Gasteiger partial charge in [0.1, 0.15) is 5.82 Å². The summed E-state index contributed by atoms with van der Waals surface area (Å²) in [6.45, 7) is 1.26. The molecule has 0 fully saturated rings. The first-order valence-electron chi connectivity index (χ1n) is 9.87. The van der Waals surface area contributed by atoms with Gasteiger partial charge in [-0.05, 0) is 65.1 Å². The maximum atomic E-state index is 13.0. The van der Waals surface area contributed by atoms with Crippen LogP contribution in [-0.2, 0) is 10.8 Å². The van der Waals surface area contributed by atoms with Gasteiger partial charge in [-0.1, -0.05) is 48.6 Å². The molecule has 5 nitrogen and oxygen atoms in total. The van der Waals surface area contributed by atoms with E-state index < -0.39 is 34.1 Å². The van der Waals surface area contributed by atoms with E-state index in [0.29, 0.717) is 0 Å². The monoisotopic (exact) mass is 464 g/mol. The highest BCUT2D eigenvalue weighted by Crippen LogP contribution is 2.30. The van der Waals surface area contributed by atoms with Gasteiger partial charge in [0.15, 0.2) is 0 Å². The van der Waals surface area contributed by atoms with E-state index in [9.17, 15) is 18.2 Å². The first kappa shape index (κ1) is 23.8. The topological polar surface area (TPSA) is 91.7 Å². The number of fused-ring (bicyclic) bond motifs is 1. The average molecular weight is 465 g/mol. The maximum absolute atomic E-state index is 13.0. The summed E-state index contributed by atoms with van der Waals surface area (Å²) in [6, 6.07) is 18.1. The predicted octanol–water partition coefficient (Wildman–Crippen LogP) is 5.52. The van der Waals surface area contributed by atoms with Crippen LogP contribution in [0.1, 0.15) is 43.0 Å². The zero-order chi connectivity index (χ0) is 24.1. The van der Waals surface area contributed by atoms with E-state index in [1.165, 1.54) is 23.6 Å². The summed E-state index contributed by atoms with van der Waals surface area (Å²) in [5.41, 5.74) is 4.01. The van der Waals surface area contributed by atoms with Gasteiger partial charge < -0.3 is 10.2 Å². The third-order valence-corrected chi connectivity index (χ3v) is 6.04. The molecular formula is C26H21FO5S. The smallest absolute Gasteiger partial charge is 0.338 e. The number of carbonyl (C=O) groups is 2. The molecule has 1 unspecified atom stereocenters. The minimum atomic E-state index is -1.47. The summed E-state index contributed by atoms with van der Waals surface area (Å²) < 4.78 is 24.3. The standard InChI is InChI=1S/C17H14OS.C9H7FO4/c1-19(18)16-10-6-13(7-11-16)12-15-9-8-14-4-2-3-5-17(14)15;1-4-5(8(11)12)2-3-6(10)7(4)9(13)14/h2-12H,1H3;2-3H,1H3,(H,11,12)(H,13,14). The van der Waals surface area contributed by atoms with Crippen LogP contribution in [0.2, 0.25) is 0 Å². The fourth-order valence-corrected chi connectivity index (χ4v) is 3.93. The van der Waals surface area contributed by atoms with Crippen LogP contribution in [0.5, 0.6) is 0 Å². The molecule has 168 valence electrons. The van der Waals surface area contributed by atoms with Crippen molar-refractivity contribution in [1.82, 2.24) is 0 Å². The number of halogens is 1. The molecule has 0 amide bonds. The van der Waals surface area contributed by atoms with Gasteiger partial charge in [0.05, 0.1) is 11.1 Å². The molecular weight excluding hydrogens is 443 g/mol. The molecule has 0 spiro atoms. The Hall–Kier alpha value is -3.84. The first-order chi connectivity index (χ1) is 15.7. The number of benzene rings is 3. The van der Waals surface area contributed by atoms with Crippen LogP contribution in [0.15, 0.2) is 71.6 Å². The van der Waals surface area contributed by atoms with Crippen molar-refractivity contribution in [2.75, 3.05) is 6.26 Å². The van der Waals surface area contributed by atoms with Crippen LogP contribution in [0.4, 0.5) is 4.39 Å². The highest BCUT2D eigenvalue weighted by molar-refractivity contribution is 7.84. The van der Waals surface area contributed by atoms with Crippen molar-refractivity contribution in [3.63, 3.8) is 0 Å². The van der Waals surface area contributed by atoms with Gasteiger partial charge in [-0.15, -0.1) is 0 Å². The highest BCUT2D eigenvalue weighted by atomic mass is 32.2. The normalized spacial score (nSPS) is 13.7. The highest BCUT2D eigenvalue weighted by Gasteiger charge is 2.19. The Morgan fingerprint density at radius 2 is 1.58 bits per heavy atom. The predicted molar refractivity (Wildman–Crippen MR) is 127 cm³/mol. The molecule has 3 aromatic rings. The first-order valence-corrected chi connectivity index (χ1v) is 11.4. The van der Waals surface area contributed by atoms with Crippen molar-refractivity contribution in [2.45, 2.75) is 11.8 Å². The Morgan fingerprint density at radius 3 is 2.18 bits per heavy atom. The fourth-order valence-electron chi connectivity index (χ4n) is 3.41. The van der Waals surface area contributed by atoms with Crippen molar-refractivity contribution in [1.29, 1.82) is 0 Å². The minimum absolute atomic E-state index is 0.0787. The lowest BCUT2D eigenvalue weighted by Crippen LogP contribution is -2.09. The average Bonchev–Trinajstić information content (AvgIpc) is 3.17. The van der Waals surface area contributed by atoms with Crippen LogP contribution in [0.25, 0.3) is 17.7 Å². The van der Waals surface area contributed by atoms with Gasteiger partial charge in [-0.3, -0.25) is 4.21 Å². The third kappa shape index (κ3) is 5.51. The SMILES string of the molecule is CS(=O)c1ccc(C=C2C=Cc3ccccc32)cc1.Cc1c(C(=O)O)ccc(F)c1C(=O)O. The molecule has 3 aromatic carbocycles. The van der Waals surface area contributed by atoms with E-state index in [4.69, 9.17) is 10.2 Å². The molecule has 0 radical (unpaired) electrons. The van der Waals surface area contributed by atoms with Gasteiger partial charge in [-0.2, -0.15) is 0 Å². The zero-order valence-corrected chi connectivity index (χ0v) is 18.7. The van der Waals surface area contributed by atoms with E-state index in [-0.39, 0.29) is 11.1 Å². The van der Waals surface area contributed by atoms with E-state index in [1.54, 1.807) is 6.26 Å². The molecule has 1 aliphatic carbocycles. The van der Waals surface area contributed by atoms with Crippen molar-refractivity contribution in [2.24, 2.45) is 0 Å². The molecule has 1 aliphatic rings. The summed E-state index contributed by atoms with van der Waals surface area (Å²) in [5.74, 6) is -3.67. The number of carboxylic acids is 2. The van der Waals surface area contributed by atoms with E-state index in [0.717, 1.165) is 22.6 Å². The molecule has 1 atom stereocenters. The van der Waals surface area contributed by atoms with Gasteiger partial charge in [0.2, 0.25) is 0 Å². The number of rotatable bonds is 4. The number of carboxylic acid groups (broad SMARTS) is 2. The Kier molecular flexibility index (Phi) is 7.35. The summed E-state index contributed by atoms with van der Waals surface area (Å²) in [5, 5.41) is 17.3. The number of allylic oxidation sites excluding steroid dienone is 2. The van der Waals surface area contributed by atoms with Gasteiger partial charge in [0.25, 0.3) is 0 Å². The van der Waals surface area contributed by atoms with Crippen LogP contribution in [0, 0.1) is 12.7 Å². The molecule has 0 saturated heterocycles. The van der Waals surface area contributed by atoms with Crippen LogP contribution in [0.3, 0.4) is 0 Å². The molecule has 0 saturated carbocycles. The summed E-state index contributed by atoms with van der Waals surface area (Å²) in [7, 11) is -0.912. The second-order valence-electron chi connectivity index (χ2n) is 7.25. The van der Waals surface area contributed by atoms with Crippen LogP contribution in [-0.4, -0.2) is 32.6 Å². The second-order valence-corrected chi connectivity index (χ2v) is 8.63. The van der Waals surface area contributed by atoms with Gasteiger partial charge in [-0.25, -0.2) is 14.0 Å². The molecule has 0 heterocycles. The van der Waals surface area contributed by atoms with Crippen molar-refractivity contribution in [3.8, 4) is 0 Å². The van der Waals surface area contributed by atoms with Crippen molar-refractivity contribution in [3.05, 3.63) is 106 Å². The van der Waals surface area contributed by atoms with E-state index >= 15 is 0 Å². The zero-order valence-electron chi connectivity index (χ0n) is 17.9. The van der Waals surface area contributed by atoms with Crippen LogP contribution < -0.4 is 0 Å². The van der Waals surface area contributed by atoms with Crippen LogP contribution >= 0.6 is 0 Å². The van der Waals surface area contributed by atoms with Gasteiger partial charge >= 0.3 is 11.9 Å².